The fourth-order valence-corrected chi connectivity index (χ4v) is 3.90. The minimum Gasteiger partial charge on any atom is -0.378 e. The van der Waals surface area contributed by atoms with Gasteiger partial charge in [0.25, 0.3) is 5.91 Å². The van der Waals surface area contributed by atoms with E-state index in [1.165, 1.54) is 0 Å². The fourth-order valence-electron chi connectivity index (χ4n) is 3.75. The molecular formula is C22H24ClN5O2. The van der Waals surface area contributed by atoms with Gasteiger partial charge in [-0.2, -0.15) is 5.10 Å². The van der Waals surface area contributed by atoms with Crippen LogP contribution in [0.3, 0.4) is 0 Å². The molecule has 0 atom stereocenters. The van der Waals surface area contributed by atoms with Crippen molar-refractivity contribution in [3.8, 4) is 0 Å². The van der Waals surface area contributed by atoms with E-state index < -0.39 is 0 Å². The van der Waals surface area contributed by atoms with Gasteiger partial charge < -0.3 is 15.0 Å². The summed E-state index contributed by atoms with van der Waals surface area (Å²) in [6.45, 7) is 1.17. The number of fused-ring (bicyclic) bond motifs is 1. The number of nitrogens with zero attached hydrogens (tertiary/aromatic N) is 4. The molecule has 2 aromatic heterocycles. The van der Waals surface area contributed by atoms with Gasteiger partial charge >= 0.3 is 0 Å². The van der Waals surface area contributed by atoms with E-state index in [4.69, 9.17) is 16.3 Å². The molecule has 1 N–H and O–H groups in total. The zero-order valence-electron chi connectivity index (χ0n) is 17.3. The number of nitrogens with one attached hydrogen (secondary N) is 1. The van der Waals surface area contributed by atoms with Gasteiger partial charge in [0.2, 0.25) is 0 Å². The van der Waals surface area contributed by atoms with Crippen LogP contribution in [0.2, 0.25) is 5.02 Å². The number of hydrogen-bond donors (Lipinski definition) is 1. The van der Waals surface area contributed by atoms with Gasteiger partial charge in [-0.3, -0.25) is 14.5 Å². The first-order chi connectivity index (χ1) is 14.5. The monoisotopic (exact) mass is 425 g/mol. The Bertz CT molecular complexity index is 1100. The van der Waals surface area contributed by atoms with Crippen molar-refractivity contribution in [2.45, 2.75) is 19.4 Å². The van der Waals surface area contributed by atoms with Crippen molar-refractivity contribution in [3.05, 3.63) is 69.8 Å². The Morgan fingerprint density at radius 1 is 1.27 bits per heavy atom. The molecule has 0 fully saturated rings. The molecule has 3 heterocycles. The third-order valence-corrected chi connectivity index (χ3v) is 5.55. The van der Waals surface area contributed by atoms with Crippen molar-refractivity contribution < 1.29 is 9.53 Å². The van der Waals surface area contributed by atoms with Crippen LogP contribution >= 0.6 is 11.6 Å². The third-order valence-electron chi connectivity index (χ3n) is 5.25. The molecule has 1 amide bonds. The Hall–Kier alpha value is -2.90. The van der Waals surface area contributed by atoms with Crippen LogP contribution in [0.5, 0.6) is 0 Å². The predicted octanol–water partition coefficient (Wildman–Crippen LogP) is 3.58. The molecule has 0 bridgehead atoms. The van der Waals surface area contributed by atoms with Crippen LogP contribution in [0.25, 0.3) is 0 Å². The molecular weight excluding hydrogens is 402 g/mol. The number of aryl methyl sites for hydroxylation is 1. The standard InChI is InChI=1S/C22H24ClN5O2/c1-27-8-7-14-5-4-6-18(21(14)22(27)29)25-19-10-16(24-11-17(19)23)9-15-12-28(2)26-20(15)13-30-3/h4-6,10-12H,7-9,13H2,1-3H3,(H,24,25). The first kappa shape index (κ1) is 20.4. The first-order valence-electron chi connectivity index (χ1n) is 9.75. The molecule has 8 heteroatoms. The van der Waals surface area contributed by atoms with Gasteiger partial charge in [0.1, 0.15) is 0 Å². The fraction of sp³-hybridized carbons (Fsp3) is 0.318. The number of methoxy groups -OCH3 is 1. The molecule has 1 aromatic carbocycles. The Morgan fingerprint density at radius 2 is 2.10 bits per heavy atom. The third kappa shape index (κ3) is 4.04. The van der Waals surface area contributed by atoms with Crippen LogP contribution in [0.15, 0.2) is 36.7 Å². The summed E-state index contributed by atoms with van der Waals surface area (Å²) in [4.78, 5) is 19.0. The summed E-state index contributed by atoms with van der Waals surface area (Å²) < 4.78 is 7.02. The SMILES string of the molecule is COCc1nn(C)cc1Cc1cc(Nc2cccc3c2C(=O)N(C)CC3)c(Cl)cn1. The lowest BCUT2D eigenvalue weighted by molar-refractivity contribution is 0.0782. The van der Waals surface area contributed by atoms with Gasteiger partial charge in [0.15, 0.2) is 0 Å². The summed E-state index contributed by atoms with van der Waals surface area (Å²) in [7, 11) is 5.36. The number of likely N-dealkylation sites (N-methyl/N-ethyl adjacent to an activating group) is 1. The minimum atomic E-state index is 0.0179. The van der Waals surface area contributed by atoms with Crippen LogP contribution < -0.4 is 5.32 Å². The first-order valence-corrected chi connectivity index (χ1v) is 10.1. The summed E-state index contributed by atoms with van der Waals surface area (Å²) in [6, 6.07) is 7.79. The maximum absolute atomic E-state index is 12.7. The molecule has 0 aliphatic carbocycles. The van der Waals surface area contributed by atoms with E-state index in [0.29, 0.717) is 29.3 Å². The Labute approximate surface area is 180 Å². The van der Waals surface area contributed by atoms with Crippen LogP contribution in [-0.2, 0) is 31.2 Å². The molecule has 30 heavy (non-hydrogen) atoms. The quantitative estimate of drug-likeness (QED) is 0.653. The van der Waals surface area contributed by atoms with Crippen molar-refractivity contribution >= 4 is 28.9 Å². The van der Waals surface area contributed by atoms with Crippen molar-refractivity contribution in [1.29, 1.82) is 0 Å². The van der Waals surface area contributed by atoms with Gasteiger partial charge in [0, 0.05) is 57.8 Å². The zero-order valence-corrected chi connectivity index (χ0v) is 18.0. The van der Waals surface area contributed by atoms with Crippen molar-refractivity contribution in [2.75, 3.05) is 26.0 Å². The number of carbonyl (C=O) groups is 1. The lowest BCUT2D eigenvalue weighted by Crippen LogP contribution is -2.34. The average Bonchev–Trinajstić information content (AvgIpc) is 3.06. The van der Waals surface area contributed by atoms with Crippen LogP contribution in [-0.4, -0.2) is 46.3 Å². The summed E-state index contributed by atoms with van der Waals surface area (Å²) in [5, 5.41) is 8.30. The molecule has 4 rings (SSSR count). The normalized spacial score (nSPS) is 13.5. The number of rotatable bonds is 6. The lowest BCUT2D eigenvalue weighted by Gasteiger charge is -2.27. The molecule has 0 saturated heterocycles. The topological polar surface area (TPSA) is 72.3 Å². The van der Waals surface area contributed by atoms with Crippen LogP contribution in [0.4, 0.5) is 11.4 Å². The lowest BCUT2D eigenvalue weighted by atomic mass is 9.97. The molecule has 156 valence electrons. The second-order valence-electron chi connectivity index (χ2n) is 7.48. The maximum atomic E-state index is 12.7. The van der Waals surface area contributed by atoms with Gasteiger partial charge in [-0.15, -0.1) is 0 Å². The predicted molar refractivity (Wildman–Crippen MR) is 116 cm³/mol. The van der Waals surface area contributed by atoms with E-state index >= 15 is 0 Å². The van der Waals surface area contributed by atoms with E-state index in [9.17, 15) is 4.79 Å². The van der Waals surface area contributed by atoms with Crippen LogP contribution in [0, 0.1) is 0 Å². The highest BCUT2D eigenvalue weighted by atomic mass is 35.5. The minimum absolute atomic E-state index is 0.0179. The van der Waals surface area contributed by atoms with Gasteiger partial charge in [-0.25, -0.2) is 0 Å². The second-order valence-corrected chi connectivity index (χ2v) is 7.89. The number of pyridine rings is 1. The summed E-state index contributed by atoms with van der Waals surface area (Å²) in [5.74, 6) is 0.0179. The molecule has 7 nitrogen and oxygen atoms in total. The zero-order chi connectivity index (χ0) is 21.3. The van der Waals surface area contributed by atoms with Crippen LogP contribution in [0.1, 0.15) is 32.9 Å². The van der Waals surface area contributed by atoms with Crippen molar-refractivity contribution in [3.63, 3.8) is 0 Å². The molecule has 0 unspecified atom stereocenters. The molecule has 0 spiro atoms. The van der Waals surface area contributed by atoms with Crippen molar-refractivity contribution in [1.82, 2.24) is 19.7 Å². The summed E-state index contributed by atoms with van der Waals surface area (Å²) in [5.41, 5.74) is 6.01. The number of anilines is 2. The number of carbonyl (C=O) groups excluding carboxylic acids is 1. The Kier molecular flexibility index (Phi) is 5.74. The van der Waals surface area contributed by atoms with Gasteiger partial charge in [-0.05, 0) is 24.1 Å². The molecule has 1 aliphatic rings. The highest BCUT2D eigenvalue weighted by Gasteiger charge is 2.24. The molecule has 3 aromatic rings. The average molecular weight is 426 g/mol. The highest BCUT2D eigenvalue weighted by molar-refractivity contribution is 6.33. The summed E-state index contributed by atoms with van der Waals surface area (Å²) in [6.07, 6.45) is 5.05. The van der Waals surface area contributed by atoms with E-state index in [1.54, 1.807) is 22.9 Å². The molecule has 0 saturated carbocycles. The van der Waals surface area contributed by atoms with Crippen molar-refractivity contribution in [2.24, 2.45) is 7.05 Å². The van der Waals surface area contributed by atoms with E-state index in [2.05, 4.69) is 15.4 Å². The number of halogens is 1. The highest BCUT2D eigenvalue weighted by Crippen LogP contribution is 2.31. The summed E-state index contributed by atoms with van der Waals surface area (Å²) >= 11 is 6.43. The molecule has 0 radical (unpaired) electrons. The number of amides is 1. The number of ether oxygens (including phenoxy) is 1. The smallest absolute Gasteiger partial charge is 0.255 e. The van der Waals surface area contributed by atoms with Gasteiger partial charge in [-0.1, -0.05) is 23.7 Å². The molecule has 1 aliphatic heterocycles. The number of benzene rings is 1. The van der Waals surface area contributed by atoms with Gasteiger partial charge in [0.05, 0.1) is 34.3 Å². The number of hydrogen-bond acceptors (Lipinski definition) is 5. The second kappa shape index (κ2) is 8.45. The van der Waals surface area contributed by atoms with E-state index in [0.717, 1.165) is 41.2 Å². The Morgan fingerprint density at radius 3 is 2.90 bits per heavy atom. The van der Waals surface area contributed by atoms with E-state index in [-0.39, 0.29) is 5.91 Å². The largest absolute Gasteiger partial charge is 0.378 e. The Balaban J connectivity index is 1.64. The maximum Gasteiger partial charge on any atom is 0.255 e. The number of aromatic nitrogens is 3. The van der Waals surface area contributed by atoms with E-state index in [1.807, 2.05) is 44.6 Å².